The van der Waals surface area contributed by atoms with Crippen molar-refractivity contribution in [1.29, 1.82) is 0 Å². The summed E-state index contributed by atoms with van der Waals surface area (Å²) in [4.78, 5) is 0. The van der Waals surface area contributed by atoms with E-state index in [1.54, 1.807) is 0 Å². The van der Waals surface area contributed by atoms with Crippen LogP contribution in [0.1, 0.15) is 31.7 Å². The second-order valence-electron chi connectivity index (χ2n) is 4.34. The van der Waals surface area contributed by atoms with Gasteiger partial charge in [-0.25, -0.2) is 0 Å². The molecule has 1 fully saturated rings. The summed E-state index contributed by atoms with van der Waals surface area (Å²) in [5.41, 5.74) is 1.17. The second kappa shape index (κ2) is 4.32. The molecule has 3 atom stereocenters. The van der Waals surface area contributed by atoms with Crippen molar-refractivity contribution in [3.8, 4) is 0 Å². The van der Waals surface area contributed by atoms with E-state index >= 15 is 0 Å². The monoisotopic (exact) mass is 243 g/mol. The first kappa shape index (κ1) is 11.3. The standard InChI is InChI=1S/C12H15Cl2N/c1-7-6-10(8(2)15-7)9-4-3-5-11(13)12(9)14/h3-5,7-8,10,15H,6H2,1-2H3. The first-order chi connectivity index (χ1) is 7.09. The lowest BCUT2D eigenvalue weighted by atomic mass is 9.92. The van der Waals surface area contributed by atoms with Gasteiger partial charge < -0.3 is 5.32 Å². The highest BCUT2D eigenvalue weighted by atomic mass is 35.5. The fourth-order valence-electron chi connectivity index (χ4n) is 2.42. The van der Waals surface area contributed by atoms with Crippen LogP contribution in [-0.4, -0.2) is 12.1 Å². The van der Waals surface area contributed by atoms with Crippen molar-refractivity contribution in [1.82, 2.24) is 5.32 Å². The number of nitrogens with one attached hydrogen (secondary N) is 1. The zero-order valence-electron chi connectivity index (χ0n) is 8.93. The zero-order valence-corrected chi connectivity index (χ0v) is 10.4. The summed E-state index contributed by atoms with van der Waals surface area (Å²) < 4.78 is 0. The van der Waals surface area contributed by atoms with Gasteiger partial charge in [-0.3, -0.25) is 0 Å². The van der Waals surface area contributed by atoms with Crippen LogP contribution >= 0.6 is 23.2 Å². The predicted molar refractivity (Wildman–Crippen MR) is 65.9 cm³/mol. The van der Waals surface area contributed by atoms with E-state index in [9.17, 15) is 0 Å². The maximum Gasteiger partial charge on any atom is 0.0627 e. The molecule has 2 rings (SSSR count). The number of hydrogen-bond acceptors (Lipinski definition) is 1. The van der Waals surface area contributed by atoms with E-state index in [4.69, 9.17) is 23.2 Å². The van der Waals surface area contributed by atoms with Gasteiger partial charge in [0.15, 0.2) is 0 Å². The van der Waals surface area contributed by atoms with E-state index in [2.05, 4.69) is 25.2 Å². The van der Waals surface area contributed by atoms with Crippen LogP contribution in [0.2, 0.25) is 10.0 Å². The van der Waals surface area contributed by atoms with Crippen molar-refractivity contribution in [2.75, 3.05) is 0 Å². The van der Waals surface area contributed by atoms with E-state index in [1.807, 2.05) is 12.1 Å². The Morgan fingerprint density at radius 1 is 1.27 bits per heavy atom. The van der Waals surface area contributed by atoms with Crippen LogP contribution in [0, 0.1) is 0 Å². The average molecular weight is 244 g/mol. The van der Waals surface area contributed by atoms with Crippen LogP contribution in [0.25, 0.3) is 0 Å². The van der Waals surface area contributed by atoms with Crippen molar-refractivity contribution in [2.45, 2.75) is 38.3 Å². The van der Waals surface area contributed by atoms with Gasteiger partial charge in [0.1, 0.15) is 0 Å². The first-order valence-corrected chi connectivity index (χ1v) is 6.05. The summed E-state index contributed by atoms with van der Waals surface area (Å²) in [5.74, 6) is 0.478. The molecular weight excluding hydrogens is 229 g/mol. The summed E-state index contributed by atoms with van der Waals surface area (Å²) in [7, 11) is 0. The van der Waals surface area contributed by atoms with Gasteiger partial charge in [-0.05, 0) is 31.9 Å². The van der Waals surface area contributed by atoms with E-state index in [1.165, 1.54) is 5.56 Å². The molecule has 3 unspecified atom stereocenters. The Labute approximate surface area is 101 Å². The van der Waals surface area contributed by atoms with Gasteiger partial charge >= 0.3 is 0 Å². The van der Waals surface area contributed by atoms with Crippen LogP contribution in [0.4, 0.5) is 0 Å². The molecule has 1 saturated heterocycles. The minimum absolute atomic E-state index is 0.468. The molecule has 0 bridgehead atoms. The highest BCUT2D eigenvalue weighted by Gasteiger charge is 2.30. The third-order valence-electron chi connectivity index (χ3n) is 3.14. The lowest BCUT2D eigenvalue weighted by Gasteiger charge is -2.17. The van der Waals surface area contributed by atoms with Crippen LogP contribution in [-0.2, 0) is 0 Å². The Morgan fingerprint density at radius 3 is 2.60 bits per heavy atom. The van der Waals surface area contributed by atoms with Crippen molar-refractivity contribution < 1.29 is 0 Å². The van der Waals surface area contributed by atoms with Gasteiger partial charge in [0.05, 0.1) is 10.0 Å². The molecule has 0 amide bonds. The molecule has 1 aliphatic rings. The van der Waals surface area contributed by atoms with Crippen LogP contribution in [0.15, 0.2) is 18.2 Å². The van der Waals surface area contributed by atoms with E-state index in [0.717, 1.165) is 6.42 Å². The van der Waals surface area contributed by atoms with E-state index < -0.39 is 0 Å². The Hall–Kier alpha value is -0.240. The molecule has 15 heavy (non-hydrogen) atoms. The molecule has 1 aromatic rings. The van der Waals surface area contributed by atoms with Gasteiger partial charge in [-0.2, -0.15) is 0 Å². The molecule has 0 aromatic heterocycles. The number of rotatable bonds is 1. The molecule has 0 spiro atoms. The fourth-order valence-corrected chi connectivity index (χ4v) is 2.87. The van der Waals surface area contributed by atoms with Crippen LogP contribution in [0.5, 0.6) is 0 Å². The molecular formula is C12H15Cl2N. The summed E-state index contributed by atoms with van der Waals surface area (Å²) in [5, 5.41) is 4.88. The van der Waals surface area contributed by atoms with Crippen molar-refractivity contribution in [3.05, 3.63) is 33.8 Å². The van der Waals surface area contributed by atoms with E-state index in [-0.39, 0.29) is 0 Å². The first-order valence-electron chi connectivity index (χ1n) is 5.29. The summed E-state index contributed by atoms with van der Waals surface area (Å²) in [6.45, 7) is 4.40. The summed E-state index contributed by atoms with van der Waals surface area (Å²) >= 11 is 12.3. The SMILES string of the molecule is CC1CC(c2cccc(Cl)c2Cl)C(C)N1. The van der Waals surface area contributed by atoms with Crippen molar-refractivity contribution in [2.24, 2.45) is 0 Å². The maximum absolute atomic E-state index is 6.23. The lowest BCUT2D eigenvalue weighted by Crippen LogP contribution is -2.26. The molecule has 0 saturated carbocycles. The minimum atomic E-state index is 0.468. The third-order valence-corrected chi connectivity index (χ3v) is 3.97. The third kappa shape index (κ3) is 2.15. The molecule has 1 aromatic carbocycles. The van der Waals surface area contributed by atoms with Crippen molar-refractivity contribution >= 4 is 23.2 Å². The molecule has 1 heterocycles. The fraction of sp³-hybridized carbons (Fsp3) is 0.500. The van der Waals surface area contributed by atoms with Crippen LogP contribution < -0.4 is 5.32 Å². The van der Waals surface area contributed by atoms with E-state index in [0.29, 0.717) is 28.0 Å². The zero-order chi connectivity index (χ0) is 11.0. The quantitative estimate of drug-likeness (QED) is 0.791. The Balaban J connectivity index is 2.33. The van der Waals surface area contributed by atoms with Gasteiger partial charge in [0.2, 0.25) is 0 Å². The maximum atomic E-state index is 6.23. The molecule has 1 aliphatic heterocycles. The normalized spacial score (nSPS) is 30.8. The topological polar surface area (TPSA) is 12.0 Å². The lowest BCUT2D eigenvalue weighted by molar-refractivity contribution is 0.575. The van der Waals surface area contributed by atoms with Gasteiger partial charge in [-0.15, -0.1) is 0 Å². The Bertz CT molecular complexity index is 365. The van der Waals surface area contributed by atoms with Gasteiger partial charge in [0, 0.05) is 18.0 Å². The smallest absolute Gasteiger partial charge is 0.0627 e. The average Bonchev–Trinajstić information content (AvgIpc) is 2.50. The van der Waals surface area contributed by atoms with Gasteiger partial charge in [0.25, 0.3) is 0 Å². The van der Waals surface area contributed by atoms with Gasteiger partial charge in [-0.1, -0.05) is 35.3 Å². The molecule has 0 aliphatic carbocycles. The second-order valence-corrected chi connectivity index (χ2v) is 5.13. The number of hydrogen-bond donors (Lipinski definition) is 1. The highest BCUT2D eigenvalue weighted by Crippen LogP contribution is 2.37. The summed E-state index contributed by atoms with van der Waals surface area (Å²) in [6.07, 6.45) is 1.13. The molecule has 0 radical (unpaired) electrons. The minimum Gasteiger partial charge on any atom is -0.311 e. The summed E-state index contributed by atoms with van der Waals surface area (Å²) in [6, 6.07) is 6.91. The largest absolute Gasteiger partial charge is 0.311 e. The Kier molecular flexibility index (Phi) is 3.24. The van der Waals surface area contributed by atoms with Crippen molar-refractivity contribution in [3.63, 3.8) is 0 Å². The van der Waals surface area contributed by atoms with Crippen LogP contribution in [0.3, 0.4) is 0 Å². The predicted octanol–water partition coefficient (Wildman–Crippen LogP) is 3.85. The number of benzene rings is 1. The molecule has 1 N–H and O–H groups in total. The highest BCUT2D eigenvalue weighted by molar-refractivity contribution is 6.42. The molecule has 82 valence electrons. The Morgan fingerprint density at radius 2 is 2.00 bits per heavy atom. The molecule has 1 nitrogen and oxygen atoms in total. The number of halogens is 2. The molecule has 3 heteroatoms.